The standard InChI is InChI=1S/C19H20N2O7/c1-26-17-6-3-13(10-18(17)27-2)7-8-20-19(23)12-28-16-5-4-14(11-22)9-15(16)21(24)25/h3-6,9-11H,7-8,12H2,1-2H3,(H,20,23). The van der Waals surface area contributed by atoms with E-state index >= 15 is 0 Å². The number of nitro groups is 1. The second kappa shape index (κ2) is 9.91. The maximum atomic E-state index is 11.9. The van der Waals surface area contributed by atoms with Gasteiger partial charge in [0.05, 0.1) is 19.1 Å². The van der Waals surface area contributed by atoms with E-state index in [1.54, 1.807) is 20.3 Å². The maximum Gasteiger partial charge on any atom is 0.311 e. The van der Waals surface area contributed by atoms with E-state index in [0.29, 0.717) is 30.8 Å². The number of amides is 1. The first-order valence-electron chi connectivity index (χ1n) is 8.32. The fourth-order valence-corrected chi connectivity index (χ4v) is 2.45. The average Bonchev–Trinajstić information content (AvgIpc) is 2.71. The predicted molar refractivity (Wildman–Crippen MR) is 100 cm³/mol. The molecule has 0 saturated heterocycles. The normalized spacial score (nSPS) is 10.1. The number of nitrogens with zero attached hydrogens (tertiary/aromatic N) is 1. The highest BCUT2D eigenvalue weighted by Gasteiger charge is 2.17. The molecule has 0 saturated carbocycles. The predicted octanol–water partition coefficient (Wildman–Crippen LogP) is 2.16. The van der Waals surface area contributed by atoms with Crippen LogP contribution in [-0.4, -0.2) is 44.5 Å². The van der Waals surface area contributed by atoms with E-state index in [1.807, 2.05) is 12.1 Å². The van der Waals surface area contributed by atoms with Gasteiger partial charge in [-0.3, -0.25) is 19.7 Å². The smallest absolute Gasteiger partial charge is 0.311 e. The highest BCUT2D eigenvalue weighted by molar-refractivity contribution is 5.79. The Morgan fingerprint density at radius 1 is 1.11 bits per heavy atom. The Kier molecular flexibility index (Phi) is 7.32. The zero-order chi connectivity index (χ0) is 20.5. The van der Waals surface area contributed by atoms with Gasteiger partial charge < -0.3 is 19.5 Å². The van der Waals surface area contributed by atoms with E-state index in [1.165, 1.54) is 12.1 Å². The van der Waals surface area contributed by atoms with Crippen LogP contribution >= 0.6 is 0 Å². The van der Waals surface area contributed by atoms with Crippen LogP contribution in [0.3, 0.4) is 0 Å². The number of carbonyl (C=O) groups is 2. The number of nitrogens with one attached hydrogen (secondary N) is 1. The van der Waals surface area contributed by atoms with Gasteiger partial charge in [-0.05, 0) is 36.2 Å². The van der Waals surface area contributed by atoms with Gasteiger partial charge in [-0.2, -0.15) is 0 Å². The van der Waals surface area contributed by atoms with Crippen molar-refractivity contribution in [2.45, 2.75) is 6.42 Å². The number of ether oxygens (including phenoxy) is 3. The minimum atomic E-state index is -0.669. The SMILES string of the molecule is COc1ccc(CCNC(=O)COc2ccc(C=O)cc2[N+](=O)[O-])cc1OC. The lowest BCUT2D eigenvalue weighted by Gasteiger charge is -2.10. The quantitative estimate of drug-likeness (QED) is 0.376. The number of hydrogen-bond donors (Lipinski definition) is 1. The minimum absolute atomic E-state index is 0.0781. The van der Waals surface area contributed by atoms with Gasteiger partial charge >= 0.3 is 5.69 Å². The lowest BCUT2D eigenvalue weighted by molar-refractivity contribution is -0.385. The first-order valence-corrected chi connectivity index (χ1v) is 8.32. The third-order valence-corrected chi connectivity index (χ3v) is 3.86. The van der Waals surface area contributed by atoms with Gasteiger partial charge in [0.15, 0.2) is 23.9 Å². The molecule has 1 amide bonds. The third-order valence-electron chi connectivity index (χ3n) is 3.86. The zero-order valence-corrected chi connectivity index (χ0v) is 15.5. The van der Waals surface area contributed by atoms with Crippen molar-refractivity contribution in [2.75, 3.05) is 27.4 Å². The summed E-state index contributed by atoms with van der Waals surface area (Å²) in [4.78, 5) is 33.0. The summed E-state index contributed by atoms with van der Waals surface area (Å²) in [7, 11) is 3.09. The molecule has 0 unspecified atom stereocenters. The summed E-state index contributed by atoms with van der Waals surface area (Å²) < 4.78 is 15.6. The van der Waals surface area contributed by atoms with Crippen LogP contribution in [0, 0.1) is 10.1 Å². The number of nitro benzene ring substituents is 1. The van der Waals surface area contributed by atoms with Crippen LogP contribution < -0.4 is 19.5 Å². The van der Waals surface area contributed by atoms with Crippen molar-refractivity contribution < 1.29 is 28.7 Å². The summed E-state index contributed by atoms with van der Waals surface area (Å²) in [5, 5.41) is 13.7. The molecule has 9 nitrogen and oxygen atoms in total. The maximum absolute atomic E-state index is 11.9. The van der Waals surface area contributed by atoms with Crippen LogP contribution in [-0.2, 0) is 11.2 Å². The van der Waals surface area contributed by atoms with E-state index in [2.05, 4.69) is 5.32 Å². The van der Waals surface area contributed by atoms with E-state index in [-0.39, 0.29) is 23.6 Å². The van der Waals surface area contributed by atoms with E-state index < -0.39 is 10.8 Å². The Balaban J connectivity index is 1.87. The van der Waals surface area contributed by atoms with Gasteiger partial charge in [0, 0.05) is 18.2 Å². The van der Waals surface area contributed by atoms with Gasteiger partial charge in [0.1, 0.15) is 6.29 Å². The molecular formula is C19H20N2O7. The number of aldehydes is 1. The number of methoxy groups -OCH3 is 2. The molecule has 0 aliphatic heterocycles. The number of carbonyl (C=O) groups excluding carboxylic acids is 2. The summed E-state index contributed by atoms with van der Waals surface area (Å²) in [6.07, 6.45) is 1.05. The highest BCUT2D eigenvalue weighted by Crippen LogP contribution is 2.28. The van der Waals surface area contributed by atoms with Gasteiger partial charge in [0.2, 0.25) is 0 Å². The molecule has 0 radical (unpaired) electrons. The van der Waals surface area contributed by atoms with Crippen molar-refractivity contribution >= 4 is 17.9 Å². The Hall–Kier alpha value is -3.62. The van der Waals surface area contributed by atoms with Crippen LogP contribution in [0.1, 0.15) is 15.9 Å². The molecule has 0 aromatic heterocycles. The Bertz CT molecular complexity index is 867. The van der Waals surface area contributed by atoms with Gasteiger partial charge in [-0.15, -0.1) is 0 Å². The van der Waals surface area contributed by atoms with Crippen molar-refractivity contribution in [2.24, 2.45) is 0 Å². The van der Waals surface area contributed by atoms with Crippen molar-refractivity contribution in [1.29, 1.82) is 0 Å². The lowest BCUT2D eigenvalue weighted by Crippen LogP contribution is -2.30. The second-order valence-corrected chi connectivity index (χ2v) is 5.68. The van der Waals surface area contributed by atoms with E-state index in [9.17, 15) is 19.7 Å². The molecule has 0 aliphatic rings. The number of benzene rings is 2. The van der Waals surface area contributed by atoms with Crippen LogP contribution in [0.15, 0.2) is 36.4 Å². The van der Waals surface area contributed by atoms with Crippen molar-refractivity contribution in [3.63, 3.8) is 0 Å². The highest BCUT2D eigenvalue weighted by atomic mass is 16.6. The second-order valence-electron chi connectivity index (χ2n) is 5.68. The summed E-state index contributed by atoms with van der Waals surface area (Å²) in [5.74, 6) is 0.714. The lowest BCUT2D eigenvalue weighted by atomic mass is 10.1. The molecule has 2 aromatic rings. The zero-order valence-electron chi connectivity index (χ0n) is 15.5. The molecule has 148 valence electrons. The Morgan fingerprint density at radius 3 is 2.46 bits per heavy atom. The summed E-state index contributed by atoms with van der Waals surface area (Å²) in [5.41, 5.74) is 0.722. The Labute approximate surface area is 161 Å². The molecule has 9 heteroatoms. The van der Waals surface area contributed by atoms with Crippen LogP contribution in [0.4, 0.5) is 5.69 Å². The summed E-state index contributed by atoms with van der Waals surface area (Å²) in [6, 6.07) is 9.23. The molecular weight excluding hydrogens is 368 g/mol. The molecule has 0 heterocycles. The first-order chi connectivity index (χ1) is 13.5. The molecule has 0 spiro atoms. The van der Waals surface area contributed by atoms with Crippen LogP contribution in [0.25, 0.3) is 0 Å². The van der Waals surface area contributed by atoms with Crippen molar-refractivity contribution in [3.8, 4) is 17.2 Å². The largest absolute Gasteiger partial charge is 0.493 e. The van der Waals surface area contributed by atoms with Gasteiger partial charge in [0.25, 0.3) is 5.91 Å². The molecule has 1 N–H and O–H groups in total. The van der Waals surface area contributed by atoms with Gasteiger partial charge in [-0.1, -0.05) is 6.07 Å². The molecule has 2 aromatic carbocycles. The van der Waals surface area contributed by atoms with Gasteiger partial charge in [-0.25, -0.2) is 0 Å². The fourth-order valence-electron chi connectivity index (χ4n) is 2.45. The summed E-state index contributed by atoms with van der Waals surface area (Å²) >= 11 is 0. The van der Waals surface area contributed by atoms with Crippen molar-refractivity contribution in [3.05, 3.63) is 57.6 Å². The first kappa shape index (κ1) is 20.7. The molecule has 0 fully saturated rings. The van der Waals surface area contributed by atoms with Crippen molar-refractivity contribution in [1.82, 2.24) is 5.32 Å². The molecule has 2 rings (SSSR count). The fraction of sp³-hybridized carbons (Fsp3) is 0.263. The minimum Gasteiger partial charge on any atom is -0.493 e. The van der Waals surface area contributed by atoms with E-state index in [4.69, 9.17) is 14.2 Å². The monoisotopic (exact) mass is 388 g/mol. The number of rotatable bonds is 10. The topological polar surface area (TPSA) is 117 Å². The molecule has 0 atom stereocenters. The average molecular weight is 388 g/mol. The molecule has 0 aliphatic carbocycles. The van der Waals surface area contributed by atoms with Crippen LogP contribution in [0.2, 0.25) is 0 Å². The Morgan fingerprint density at radius 2 is 1.82 bits per heavy atom. The summed E-state index contributed by atoms with van der Waals surface area (Å²) in [6.45, 7) is -0.0307. The molecule has 28 heavy (non-hydrogen) atoms. The number of hydrogen-bond acceptors (Lipinski definition) is 7. The third kappa shape index (κ3) is 5.44. The van der Waals surface area contributed by atoms with Crippen LogP contribution in [0.5, 0.6) is 17.2 Å². The molecule has 0 bridgehead atoms. The van der Waals surface area contributed by atoms with E-state index in [0.717, 1.165) is 11.6 Å².